The highest BCUT2D eigenvalue weighted by Gasteiger charge is 2.31. The van der Waals surface area contributed by atoms with Gasteiger partial charge in [-0.25, -0.2) is 12.8 Å². The lowest BCUT2D eigenvalue weighted by atomic mass is 9.93. The summed E-state index contributed by atoms with van der Waals surface area (Å²) in [4.78, 5) is 0.0224. The summed E-state index contributed by atoms with van der Waals surface area (Å²) < 4.78 is 39.6. The standard InChI is InChI=1S/C13H18ClFN2O2S/c1-9(16)10-3-2-6-17(8-10)20(18,19)11-4-5-13(15)12(14)7-11/h4-5,7,9-10H,2-3,6,8,16H2,1H3/t9-,10+/m0/s1. The van der Waals surface area contributed by atoms with Crippen LogP contribution < -0.4 is 5.73 Å². The summed E-state index contributed by atoms with van der Waals surface area (Å²) in [6.45, 7) is 2.74. The van der Waals surface area contributed by atoms with Crippen molar-refractivity contribution in [3.63, 3.8) is 0 Å². The number of halogens is 2. The van der Waals surface area contributed by atoms with Crippen molar-refractivity contribution in [2.75, 3.05) is 13.1 Å². The molecule has 7 heteroatoms. The molecule has 1 aromatic carbocycles. The maximum atomic E-state index is 13.1. The zero-order chi connectivity index (χ0) is 14.9. The molecule has 0 radical (unpaired) electrons. The quantitative estimate of drug-likeness (QED) is 0.929. The maximum Gasteiger partial charge on any atom is 0.243 e. The molecule has 1 aromatic rings. The average Bonchev–Trinajstić information content (AvgIpc) is 2.42. The Labute approximate surface area is 123 Å². The fourth-order valence-corrected chi connectivity index (χ4v) is 4.22. The van der Waals surface area contributed by atoms with Crippen LogP contribution in [0.3, 0.4) is 0 Å². The summed E-state index contributed by atoms with van der Waals surface area (Å²) in [5.74, 6) is -0.479. The summed E-state index contributed by atoms with van der Waals surface area (Å²) in [5.41, 5.74) is 5.86. The minimum Gasteiger partial charge on any atom is -0.328 e. The molecule has 112 valence electrons. The topological polar surface area (TPSA) is 63.4 Å². The van der Waals surface area contributed by atoms with E-state index >= 15 is 0 Å². The molecule has 0 aliphatic carbocycles. The van der Waals surface area contributed by atoms with Crippen LogP contribution in [0.4, 0.5) is 4.39 Å². The SMILES string of the molecule is C[C@H](N)[C@@H]1CCCN(S(=O)(=O)c2ccc(F)c(Cl)c2)C1. The Morgan fingerprint density at radius 2 is 2.20 bits per heavy atom. The second-order valence-corrected chi connectivity index (χ2v) is 7.55. The number of hydrogen-bond donors (Lipinski definition) is 1. The lowest BCUT2D eigenvalue weighted by Gasteiger charge is -2.33. The van der Waals surface area contributed by atoms with Gasteiger partial charge in [-0.1, -0.05) is 11.6 Å². The molecule has 20 heavy (non-hydrogen) atoms. The van der Waals surface area contributed by atoms with E-state index in [4.69, 9.17) is 17.3 Å². The van der Waals surface area contributed by atoms with Gasteiger partial charge < -0.3 is 5.73 Å². The van der Waals surface area contributed by atoms with Gasteiger partial charge in [-0.2, -0.15) is 4.31 Å². The molecule has 4 nitrogen and oxygen atoms in total. The summed E-state index contributed by atoms with van der Waals surface area (Å²) in [5, 5.41) is -0.188. The molecule has 1 heterocycles. The predicted octanol–water partition coefficient (Wildman–Crippen LogP) is 2.23. The van der Waals surface area contributed by atoms with Crippen molar-refractivity contribution in [1.82, 2.24) is 4.31 Å². The van der Waals surface area contributed by atoms with E-state index in [1.54, 1.807) is 0 Å². The molecule has 1 saturated heterocycles. The minimum atomic E-state index is -3.64. The molecule has 1 aliphatic rings. The first kappa shape index (κ1) is 15.7. The smallest absolute Gasteiger partial charge is 0.243 e. The monoisotopic (exact) mass is 320 g/mol. The Hall–Kier alpha value is -0.690. The third-order valence-electron chi connectivity index (χ3n) is 3.69. The summed E-state index contributed by atoms with van der Waals surface area (Å²) in [7, 11) is -3.64. The van der Waals surface area contributed by atoms with Gasteiger partial charge >= 0.3 is 0 Å². The molecule has 0 saturated carbocycles. The second-order valence-electron chi connectivity index (χ2n) is 5.20. The highest BCUT2D eigenvalue weighted by molar-refractivity contribution is 7.89. The van der Waals surface area contributed by atoms with Gasteiger partial charge in [0.15, 0.2) is 0 Å². The van der Waals surface area contributed by atoms with Crippen LogP contribution in [0.1, 0.15) is 19.8 Å². The van der Waals surface area contributed by atoms with Gasteiger partial charge in [-0.3, -0.25) is 0 Å². The van der Waals surface area contributed by atoms with E-state index in [0.717, 1.165) is 25.0 Å². The van der Waals surface area contributed by atoms with Crippen LogP contribution in [0.25, 0.3) is 0 Å². The van der Waals surface area contributed by atoms with Crippen LogP contribution in [-0.2, 0) is 10.0 Å². The number of hydrogen-bond acceptors (Lipinski definition) is 3. The van der Waals surface area contributed by atoms with Crippen molar-refractivity contribution >= 4 is 21.6 Å². The van der Waals surface area contributed by atoms with Gasteiger partial charge in [-0.15, -0.1) is 0 Å². The van der Waals surface area contributed by atoms with Crippen molar-refractivity contribution < 1.29 is 12.8 Å². The first-order valence-corrected chi connectivity index (χ1v) is 8.35. The van der Waals surface area contributed by atoms with Gasteiger partial charge in [0.05, 0.1) is 9.92 Å². The van der Waals surface area contributed by atoms with Crippen molar-refractivity contribution in [2.24, 2.45) is 11.7 Å². The van der Waals surface area contributed by atoms with E-state index in [0.29, 0.717) is 13.1 Å². The molecule has 2 rings (SSSR count). The van der Waals surface area contributed by atoms with Crippen LogP contribution in [0, 0.1) is 11.7 Å². The largest absolute Gasteiger partial charge is 0.328 e. The van der Waals surface area contributed by atoms with Gasteiger partial charge in [0, 0.05) is 19.1 Å². The molecule has 0 amide bonds. The summed E-state index contributed by atoms with van der Waals surface area (Å²) in [6, 6.07) is 3.42. The number of nitrogens with two attached hydrogens (primary N) is 1. The van der Waals surface area contributed by atoms with E-state index in [2.05, 4.69) is 0 Å². The average molecular weight is 321 g/mol. The molecule has 0 bridgehead atoms. The van der Waals surface area contributed by atoms with E-state index in [9.17, 15) is 12.8 Å². The molecule has 1 fully saturated rings. The van der Waals surface area contributed by atoms with Crippen molar-refractivity contribution in [1.29, 1.82) is 0 Å². The Balaban J connectivity index is 2.27. The van der Waals surface area contributed by atoms with Crippen molar-refractivity contribution in [3.8, 4) is 0 Å². The van der Waals surface area contributed by atoms with E-state index in [1.165, 1.54) is 10.4 Å². The van der Waals surface area contributed by atoms with Gasteiger partial charge in [0.2, 0.25) is 10.0 Å². The Morgan fingerprint density at radius 1 is 1.50 bits per heavy atom. The van der Waals surface area contributed by atoms with Crippen LogP contribution >= 0.6 is 11.6 Å². The lowest BCUT2D eigenvalue weighted by molar-refractivity contribution is 0.243. The number of rotatable bonds is 3. The number of piperidine rings is 1. The lowest BCUT2D eigenvalue weighted by Crippen LogP contribution is -2.44. The molecular formula is C13H18ClFN2O2S. The van der Waals surface area contributed by atoms with Gasteiger partial charge in [-0.05, 0) is 43.9 Å². The zero-order valence-corrected chi connectivity index (χ0v) is 12.8. The zero-order valence-electron chi connectivity index (χ0n) is 11.2. The molecule has 0 spiro atoms. The van der Waals surface area contributed by atoms with Crippen LogP contribution in [0.5, 0.6) is 0 Å². The van der Waals surface area contributed by atoms with Gasteiger partial charge in [0.1, 0.15) is 5.82 Å². The van der Waals surface area contributed by atoms with Crippen LogP contribution in [0.15, 0.2) is 23.1 Å². The number of benzene rings is 1. The first-order chi connectivity index (χ1) is 9.32. The Kier molecular flexibility index (Phi) is 4.69. The van der Waals surface area contributed by atoms with Crippen molar-refractivity contribution in [3.05, 3.63) is 29.0 Å². The minimum absolute atomic E-state index is 0.0224. The third-order valence-corrected chi connectivity index (χ3v) is 5.84. The maximum absolute atomic E-state index is 13.1. The highest BCUT2D eigenvalue weighted by Crippen LogP contribution is 2.27. The Bertz CT molecular complexity index is 592. The molecular weight excluding hydrogens is 303 g/mol. The normalized spacial score (nSPS) is 22.7. The highest BCUT2D eigenvalue weighted by atomic mass is 35.5. The number of sulfonamides is 1. The van der Waals surface area contributed by atoms with Gasteiger partial charge in [0.25, 0.3) is 0 Å². The molecule has 0 unspecified atom stereocenters. The fraction of sp³-hybridized carbons (Fsp3) is 0.538. The fourth-order valence-electron chi connectivity index (χ4n) is 2.41. The predicted molar refractivity (Wildman–Crippen MR) is 76.5 cm³/mol. The van der Waals surface area contributed by atoms with E-state index in [1.807, 2.05) is 6.92 Å². The third kappa shape index (κ3) is 3.14. The van der Waals surface area contributed by atoms with Crippen molar-refractivity contribution in [2.45, 2.75) is 30.7 Å². The molecule has 1 aliphatic heterocycles. The molecule has 0 aromatic heterocycles. The van der Waals surface area contributed by atoms with E-state index in [-0.39, 0.29) is 21.9 Å². The number of nitrogens with zero attached hydrogens (tertiary/aromatic N) is 1. The van der Waals surface area contributed by atoms with E-state index < -0.39 is 15.8 Å². The molecule has 2 atom stereocenters. The summed E-state index contributed by atoms with van der Waals surface area (Å²) in [6.07, 6.45) is 1.70. The second kappa shape index (κ2) is 5.97. The first-order valence-electron chi connectivity index (χ1n) is 6.53. The Morgan fingerprint density at radius 3 is 2.80 bits per heavy atom. The summed E-state index contributed by atoms with van der Waals surface area (Å²) >= 11 is 5.66. The van der Waals surface area contributed by atoms with Crippen LogP contribution in [-0.4, -0.2) is 31.9 Å². The molecule has 2 N–H and O–H groups in total. The van der Waals surface area contributed by atoms with Crippen LogP contribution in [0.2, 0.25) is 5.02 Å².